The summed E-state index contributed by atoms with van der Waals surface area (Å²) in [5, 5.41) is 8.48. The van der Waals surface area contributed by atoms with Gasteiger partial charge in [-0.25, -0.2) is 9.97 Å². The Kier molecular flexibility index (Phi) is 4.85. The zero-order valence-corrected chi connectivity index (χ0v) is 15.5. The Balaban J connectivity index is 1.47. The molecule has 4 aromatic rings. The van der Waals surface area contributed by atoms with Crippen molar-refractivity contribution in [3.8, 4) is 0 Å². The molecular formula is C21H18ClN5. The van der Waals surface area contributed by atoms with Gasteiger partial charge < -0.3 is 10.6 Å². The summed E-state index contributed by atoms with van der Waals surface area (Å²) in [6.07, 6.45) is 3.53. The molecule has 5 nitrogen and oxygen atoms in total. The van der Waals surface area contributed by atoms with Gasteiger partial charge in [-0.1, -0.05) is 23.7 Å². The first-order chi connectivity index (χ1) is 13.2. The van der Waals surface area contributed by atoms with E-state index in [1.807, 2.05) is 37.3 Å². The van der Waals surface area contributed by atoms with Crippen LogP contribution in [0.5, 0.6) is 0 Å². The van der Waals surface area contributed by atoms with Crippen molar-refractivity contribution in [2.45, 2.75) is 13.5 Å². The van der Waals surface area contributed by atoms with Crippen LogP contribution in [-0.2, 0) is 6.54 Å². The minimum atomic E-state index is 0.683. The van der Waals surface area contributed by atoms with Crippen molar-refractivity contribution in [1.29, 1.82) is 0 Å². The first-order valence-corrected chi connectivity index (χ1v) is 8.99. The molecule has 0 aliphatic heterocycles. The Hall–Kier alpha value is -3.18. The van der Waals surface area contributed by atoms with E-state index in [-0.39, 0.29) is 0 Å². The molecule has 0 amide bonds. The van der Waals surface area contributed by atoms with Crippen LogP contribution in [0.25, 0.3) is 10.9 Å². The van der Waals surface area contributed by atoms with Crippen LogP contribution in [-0.4, -0.2) is 15.0 Å². The maximum Gasteiger partial charge on any atom is 0.129 e. The van der Waals surface area contributed by atoms with Crippen molar-refractivity contribution >= 4 is 39.7 Å². The topological polar surface area (TPSA) is 62.7 Å². The van der Waals surface area contributed by atoms with Gasteiger partial charge in [-0.05, 0) is 55.0 Å². The van der Waals surface area contributed by atoms with Crippen molar-refractivity contribution in [2.75, 3.05) is 10.6 Å². The lowest BCUT2D eigenvalue weighted by Gasteiger charge is -2.11. The fourth-order valence-corrected chi connectivity index (χ4v) is 3.01. The molecule has 27 heavy (non-hydrogen) atoms. The Morgan fingerprint density at radius 3 is 2.56 bits per heavy atom. The van der Waals surface area contributed by atoms with Crippen LogP contribution in [0.3, 0.4) is 0 Å². The van der Waals surface area contributed by atoms with Crippen LogP contribution in [0.15, 0.2) is 67.0 Å². The van der Waals surface area contributed by atoms with Gasteiger partial charge in [-0.15, -0.1) is 0 Å². The third-order valence-corrected chi connectivity index (χ3v) is 4.42. The van der Waals surface area contributed by atoms with Crippen LogP contribution < -0.4 is 10.6 Å². The number of hydrogen-bond acceptors (Lipinski definition) is 5. The van der Waals surface area contributed by atoms with E-state index in [0.717, 1.165) is 33.9 Å². The molecule has 0 saturated carbocycles. The van der Waals surface area contributed by atoms with Gasteiger partial charge in [0.25, 0.3) is 0 Å². The lowest BCUT2D eigenvalue weighted by molar-refractivity contribution is 1.02. The van der Waals surface area contributed by atoms with Gasteiger partial charge in [0, 0.05) is 40.7 Å². The van der Waals surface area contributed by atoms with Crippen LogP contribution >= 0.6 is 11.6 Å². The average Bonchev–Trinajstić information content (AvgIpc) is 2.67. The van der Waals surface area contributed by atoms with E-state index in [2.05, 4.69) is 49.9 Å². The predicted octanol–water partition coefficient (Wildman–Crippen LogP) is 5.34. The standard InChI is InChI=1S/C21H18ClN5/c1-14-23-11-9-21(26-14)25-13-15-2-5-17(6-3-15)27-19-8-10-24-20-12-16(22)4-7-18(19)20/h2-12H,13H2,1H3,(H,24,27)(H,23,25,26). The first kappa shape index (κ1) is 17.2. The van der Waals surface area contributed by atoms with Gasteiger partial charge in [-0.2, -0.15) is 0 Å². The number of pyridine rings is 1. The second kappa shape index (κ2) is 7.60. The normalized spacial score (nSPS) is 10.7. The van der Waals surface area contributed by atoms with E-state index < -0.39 is 0 Å². The number of hydrogen-bond donors (Lipinski definition) is 2. The molecule has 2 aromatic carbocycles. The first-order valence-electron chi connectivity index (χ1n) is 8.61. The summed E-state index contributed by atoms with van der Waals surface area (Å²) in [5.74, 6) is 1.58. The number of nitrogens with zero attached hydrogens (tertiary/aromatic N) is 3. The molecule has 0 fully saturated rings. The minimum absolute atomic E-state index is 0.683. The van der Waals surface area contributed by atoms with Gasteiger partial charge in [0.2, 0.25) is 0 Å². The van der Waals surface area contributed by atoms with Gasteiger partial charge in [0.15, 0.2) is 0 Å². The Morgan fingerprint density at radius 1 is 0.926 bits per heavy atom. The highest BCUT2D eigenvalue weighted by Gasteiger charge is 2.04. The smallest absolute Gasteiger partial charge is 0.129 e. The number of aryl methyl sites for hydroxylation is 1. The molecule has 0 aliphatic rings. The maximum atomic E-state index is 6.06. The highest BCUT2D eigenvalue weighted by atomic mass is 35.5. The number of aromatic nitrogens is 3. The van der Waals surface area contributed by atoms with Gasteiger partial charge >= 0.3 is 0 Å². The molecule has 2 N–H and O–H groups in total. The Labute approximate surface area is 162 Å². The van der Waals surface area contributed by atoms with Gasteiger partial charge in [-0.3, -0.25) is 4.98 Å². The zero-order valence-electron chi connectivity index (χ0n) is 14.8. The van der Waals surface area contributed by atoms with E-state index in [4.69, 9.17) is 11.6 Å². The molecule has 0 aliphatic carbocycles. The molecule has 134 valence electrons. The number of fused-ring (bicyclic) bond motifs is 1. The molecular weight excluding hydrogens is 358 g/mol. The summed E-state index contributed by atoms with van der Waals surface area (Å²) in [7, 11) is 0. The summed E-state index contributed by atoms with van der Waals surface area (Å²) >= 11 is 6.06. The van der Waals surface area contributed by atoms with E-state index in [0.29, 0.717) is 11.6 Å². The fraction of sp³-hybridized carbons (Fsp3) is 0.0952. The summed E-state index contributed by atoms with van der Waals surface area (Å²) in [5.41, 5.74) is 4.05. The molecule has 0 spiro atoms. The quantitative estimate of drug-likeness (QED) is 0.492. The molecule has 0 unspecified atom stereocenters. The van der Waals surface area contributed by atoms with E-state index in [1.165, 1.54) is 5.56 Å². The largest absolute Gasteiger partial charge is 0.366 e. The van der Waals surface area contributed by atoms with E-state index in [1.54, 1.807) is 12.4 Å². The monoisotopic (exact) mass is 375 g/mol. The summed E-state index contributed by atoms with van der Waals surface area (Å²) in [6, 6.07) is 17.8. The van der Waals surface area contributed by atoms with Crippen LogP contribution in [0.4, 0.5) is 17.2 Å². The Morgan fingerprint density at radius 2 is 1.74 bits per heavy atom. The molecule has 4 rings (SSSR count). The summed E-state index contributed by atoms with van der Waals surface area (Å²) in [4.78, 5) is 12.8. The number of nitrogens with one attached hydrogen (secondary N) is 2. The molecule has 2 heterocycles. The molecule has 0 saturated heterocycles. The van der Waals surface area contributed by atoms with Crippen molar-refractivity contribution in [3.05, 3.63) is 83.4 Å². The average molecular weight is 376 g/mol. The van der Waals surface area contributed by atoms with E-state index >= 15 is 0 Å². The highest BCUT2D eigenvalue weighted by Crippen LogP contribution is 2.27. The second-order valence-electron chi connectivity index (χ2n) is 6.18. The number of halogens is 1. The number of anilines is 3. The number of benzene rings is 2. The SMILES string of the molecule is Cc1nccc(NCc2ccc(Nc3ccnc4cc(Cl)ccc34)cc2)n1. The summed E-state index contributed by atoms with van der Waals surface area (Å²) in [6.45, 7) is 2.58. The summed E-state index contributed by atoms with van der Waals surface area (Å²) < 4.78 is 0. The highest BCUT2D eigenvalue weighted by molar-refractivity contribution is 6.31. The lowest BCUT2D eigenvalue weighted by atomic mass is 10.1. The third kappa shape index (κ3) is 4.15. The fourth-order valence-electron chi connectivity index (χ4n) is 2.84. The van der Waals surface area contributed by atoms with Crippen molar-refractivity contribution < 1.29 is 0 Å². The second-order valence-corrected chi connectivity index (χ2v) is 6.62. The van der Waals surface area contributed by atoms with E-state index in [9.17, 15) is 0 Å². The van der Waals surface area contributed by atoms with Crippen LogP contribution in [0.1, 0.15) is 11.4 Å². The molecule has 0 atom stereocenters. The molecule has 6 heteroatoms. The zero-order chi connectivity index (χ0) is 18.6. The molecule has 0 radical (unpaired) electrons. The lowest BCUT2D eigenvalue weighted by Crippen LogP contribution is -2.02. The third-order valence-electron chi connectivity index (χ3n) is 4.19. The Bertz CT molecular complexity index is 1080. The molecule has 2 aromatic heterocycles. The van der Waals surface area contributed by atoms with Gasteiger partial charge in [0.1, 0.15) is 11.6 Å². The van der Waals surface area contributed by atoms with Crippen molar-refractivity contribution in [2.24, 2.45) is 0 Å². The molecule has 0 bridgehead atoms. The van der Waals surface area contributed by atoms with Crippen molar-refractivity contribution in [3.63, 3.8) is 0 Å². The van der Waals surface area contributed by atoms with Crippen LogP contribution in [0.2, 0.25) is 5.02 Å². The predicted molar refractivity (Wildman–Crippen MR) is 111 cm³/mol. The van der Waals surface area contributed by atoms with Crippen LogP contribution in [0, 0.1) is 6.92 Å². The number of rotatable bonds is 5. The maximum absolute atomic E-state index is 6.06. The minimum Gasteiger partial charge on any atom is -0.366 e. The van der Waals surface area contributed by atoms with Crippen molar-refractivity contribution in [1.82, 2.24) is 15.0 Å². The van der Waals surface area contributed by atoms with Gasteiger partial charge in [0.05, 0.1) is 5.52 Å².